The number of hydrogen-bond donors (Lipinski definition) is 1. The quantitative estimate of drug-likeness (QED) is 0.765. The van der Waals surface area contributed by atoms with Gasteiger partial charge in [-0.05, 0) is 43.5 Å². The molecule has 1 N–H and O–H groups in total. The number of aromatic hydroxyl groups is 1. The van der Waals surface area contributed by atoms with Crippen LogP contribution < -0.4 is 0 Å². The molecular formula is C20H22N2O. The van der Waals surface area contributed by atoms with Crippen molar-refractivity contribution in [2.45, 2.75) is 40.0 Å². The Hall–Kier alpha value is -2.42. The van der Waals surface area contributed by atoms with Gasteiger partial charge in [0.25, 0.3) is 0 Å². The number of fused-ring (bicyclic) bond motifs is 1. The number of hydrogen-bond acceptors (Lipinski definition) is 3. The van der Waals surface area contributed by atoms with Gasteiger partial charge in [0.15, 0.2) is 0 Å². The first-order chi connectivity index (χ1) is 11.0. The smallest absolute Gasteiger partial charge is 0.125 e. The van der Waals surface area contributed by atoms with Gasteiger partial charge < -0.3 is 5.11 Å². The third-order valence-electron chi connectivity index (χ3n) is 4.38. The van der Waals surface area contributed by atoms with Crippen molar-refractivity contribution < 1.29 is 5.11 Å². The Morgan fingerprint density at radius 3 is 2.65 bits per heavy atom. The molecule has 0 atom stereocenters. The van der Waals surface area contributed by atoms with Gasteiger partial charge in [0.05, 0.1) is 11.2 Å². The minimum Gasteiger partial charge on any atom is -0.507 e. The maximum absolute atomic E-state index is 10.6. The minimum atomic E-state index is 0.275. The zero-order valence-corrected chi connectivity index (χ0v) is 14.1. The van der Waals surface area contributed by atoms with Gasteiger partial charge in [-0.3, -0.25) is 9.97 Å². The van der Waals surface area contributed by atoms with E-state index >= 15 is 0 Å². The number of pyridine rings is 2. The average Bonchev–Trinajstić information content (AvgIpc) is 2.54. The summed E-state index contributed by atoms with van der Waals surface area (Å²) in [5.41, 5.74) is 5.84. The van der Waals surface area contributed by atoms with E-state index in [1.807, 2.05) is 26.0 Å². The normalized spacial score (nSPS) is 11.3. The topological polar surface area (TPSA) is 46.0 Å². The second-order valence-electron chi connectivity index (χ2n) is 6.40. The van der Waals surface area contributed by atoms with E-state index in [9.17, 15) is 5.11 Å². The molecule has 0 spiro atoms. The fraction of sp³-hybridized carbons (Fsp3) is 0.300. The standard InChI is InChI=1S/C20H22N2O/c1-12(2)19-17(20(23)13(3)14(4)22-19)11-15-7-8-18-16(10-15)6-5-9-21-18/h5-10,12H,11H2,1-4H3,(H,22,23). The summed E-state index contributed by atoms with van der Waals surface area (Å²) in [7, 11) is 0. The summed E-state index contributed by atoms with van der Waals surface area (Å²) in [4.78, 5) is 9.08. The van der Waals surface area contributed by atoms with Crippen LogP contribution in [0.5, 0.6) is 5.75 Å². The van der Waals surface area contributed by atoms with Crippen molar-refractivity contribution in [3.63, 3.8) is 0 Å². The minimum absolute atomic E-state index is 0.275. The van der Waals surface area contributed by atoms with Crippen LogP contribution in [0.1, 0.15) is 47.8 Å². The summed E-state index contributed by atoms with van der Waals surface area (Å²) in [6, 6.07) is 10.3. The highest BCUT2D eigenvalue weighted by molar-refractivity contribution is 5.79. The third-order valence-corrected chi connectivity index (χ3v) is 4.38. The zero-order valence-electron chi connectivity index (χ0n) is 14.1. The van der Waals surface area contributed by atoms with Crippen LogP contribution in [-0.4, -0.2) is 15.1 Å². The van der Waals surface area contributed by atoms with Crippen molar-refractivity contribution in [2.24, 2.45) is 0 Å². The molecule has 0 saturated carbocycles. The Kier molecular flexibility index (Phi) is 4.03. The molecule has 23 heavy (non-hydrogen) atoms. The maximum Gasteiger partial charge on any atom is 0.125 e. The first-order valence-corrected chi connectivity index (χ1v) is 8.00. The molecule has 0 bridgehead atoms. The van der Waals surface area contributed by atoms with Crippen molar-refractivity contribution >= 4 is 10.9 Å². The van der Waals surface area contributed by atoms with Crippen LogP contribution in [-0.2, 0) is 6.42 Å². The monoisotopic (exact) mass is 306 g/mol. The second-order valence-corrected chi connectivity index (χ2v) is 6.40. The summed E-state index contributed by atoms with van der Waals surface area (Å²) >= 11 is 0. The predicted octanol–water partition coefficient (Wildman–Crippen LogP) is 4.67. The number of aromatic nitrogens is 2. The fourth-order valence-corrected chi connectivity index (χ4v) is 2.94. The molecule has 0 saturated heterocycles. The summed E-state index contributed by atoms with van der Waals surface area (Å²) < 4.78 is 0. The van der Waals surface area contributed by atoms with Gasteiger partial charge in [-0.1, -0.05) is 26.0 Å². The number of aryl methyl sites for hydroxylation is 1. The SMILES string of the molecule is Cc1nc(C(C)C)c(Cc2ccc3ncccc3c2)c(O)c1C. The van der Waals surface area contributed by atoms with Gasteiger partial charge in [-0.25, -0.2) is 0 Å². The lowest BCUT2D eigenvalue weighted by molar-refractivity contribution is 0.460. The van der Waals surface area contributed by atoms with Gasteiger partial charge in [0.1, 0.15) is 5.75 Å². The Bertz CT molecular complexity index is 869. The number of benzene rings is 1. The Balaban J connectivity index is 2.09. The molecule has 3 heteroatoms. The van der Waals surface area contributed by atoms with Gasteiger partial charge in [0, 0.05) is 34.8 Å². The third kappa shape index (κ3) is 2.91. The molecule has 3 aromatic rings. The van der Waals surface area contributed by atoms with E-state index in [4.69, 9.17) is 4.98 Å². The van der Waals surface area contributed by atoms with Gasteiger partial charge in [-0.2, -0.15) is 0 Å². The molecule has 0 radical (unpaired) electrons. The van der Waals surface area contributed by atoms with E-state index in [2.05, 4.69) is 37.0 Å². The van der Waals surface area contributed by atoms with Gasteiger partial charge in [0.2, 0.25) is 0 Å². The maximum atomic E-state index is 10.6. The predicted molar refractivity (Wildman–Crippen MR) is 94.0 cm³/mol. The molecule has 3 nitrogen and oxygen atoms in total. The van der Waals surface area contributed by atoms with E-state index < -0.39 is 0 Å². The Morgan fingerprint density at radius 1 is 1.13 bits per heavy atom. The number of rotatable bonds is 3. The van der Waals surface area contributed by atoms with Crippen molar-refractivity contribution in [3.05, 3.63) is 64.6 Å². The Labute approximate surface area is 137 Å². The van der Waals surface area contributed by atoms with E-state index in [0.29, 0.717) is 12.2 Å². The molecule has 2 aromatic heterocycles. The summed E-state index contributed by atoms with van der Waals surface area (Å²) in [5, 5.41) is 11.7. The molecule has 0 aliphatic rings. The first-order valence-electron chi connectivity index (χ1n) is 8.00. The van der Waals surface area contributed by atoms with Crippen LogP contribution in [0.2, 0.25) is 0 Å². The molecule has 3 rings (SSSR count). The molecule has 0 aliphatic carbocycles. The summed E-state index contributed by atoms with van der Waals surface area (Å²) in [6.45, 7) is 8.11. The molecule has 0 unspecified atom stereocenters. The fourth-order valence-electron chi connectivity index (χ4n) is 2.94. The zero-order chi connectivity index (χ0) is 16.6. The number of nitrogens with zero attached hydrogens (tertiary/aromatic N) is 2. The van der Waals surface area contributed by atoms with Crippen molar-refractivity contribution in [2.75, 3.05) is 0 Å². The van der Waals surface area contributed by atoms with Crippen LogP contribution in [0.15, 0.2) is 36.5 Å². The molecule has 1 aromatic carbocycles. The lowest BCUT2D eigenvalue weighted by Gasteiger charge is -2.17. The molecule has 2 heterocycles. The molecule has 0 fully saturated rings. The lowest BCUT2D eigenvalue weighted by atomic mass is 9.94. The van der Waals surface area contributed by atoms with Crippen LogP contribution in [0.3, 0.4) is 0 Å². The molecule has 0 aliphatic heterocycles. The van der Waals surface area contributed by atoms with Crippen LogP contribution in [0, 0.1) is 13.8 Å². The van der Waals surface area contributed by atoms with E-state index in [1.165, 1.54) is 0 Å². The highest BCUT2D eigenvalue weighted by Gasteiger charge is 2.17. The van der Waals surface area contributed by atoms with Crippen molar-refractivity contribution in [3.8, 4) is 5.75 Å². The van der Waals surface area contributed by atoms with Crippen molar-refractivity contribution in [1.82, 2.24) is 9.97 Å². The average molecular weight is 306 g/mol. The van der Waals surface area contributed by atoms with Crippen LogP contribution in [0.4, 0.5) is 0 Å². The second kappa shape index (κ2) is 5.99. The van der Waals surface area contributed by atoms with Crippen molar-refractivity contribution in [1.29, 1.82) is 0 Å². The molecular weight excluding hydrogens is 284 g/mol. The van der Waals surface area contributed by atoms with E-state index in [0.717, 1.165) is 39.0 Å². The highest BCUT2D eigenvalue weighted by Crippen LogP contribution is 2.32. The highest BCUT2D eigenvalue weighted by atomic mass is 16.3. The summed E-state index contributed by atoms with van der Waals surface area (Å²) in [5.74, 6) is 0.657. The van der Waals surface area contributed by atoms with Gasteiger partial charge >= 0.3 is 0 Å². The largest absolute Gasteiger partial charge is 0.507 e. The van der Waals surface area contributed by atoms with Crippen LogP contribution in [0.25, 0.3) is 10.9 Å². The van der Waals surface area contributed by atoms with Crippen LogP contribution >= 0.6 is 0 Å². The Morgan fingerprint density at radius 2 is 1.91 bits per heavy atom. The van der Waals surface area contributed by atoms with E-state index in [1.54, 1.807) is 6.20 Å². The first kappa shape index (κ1) is 15.5. The molecule has 0 amide bonds. The van der Waals surface area contributed by atoms with Gasteiger partial charge in [-0.15, -0.1) is 0 Å². The van der Waals surface area contributed by atoms with E-state index in [-0.39, 0.29) is 5.92 Å². The lowest BCUT2D eigenvalue weighted by Crippen LogP contribution is -2.05. The summed E-state index contributed by atoms with van der Waals surface area (Å²) in [6.07, 6.45) is 2.48. The molecule has 118 valence electrons.